The van der Waals surface area contributed by atoms with E-state index in [-0.39, 0.29) is 31.2 Å². The van der Waals surface area contributed by atoms with Crippen molar-refractivity contribution in [3.63, 3.8) is 0 Å². The van der Waals surface area contributed by atoms with E-state index in [0.717, 1.165) is 0 Å². The third kappa shape index (κ3) is 4.95. The van der Waals surface area contributed by atoms with Gasteiger partial charge in [-0.25, -0.2) is 4.39 Å². The van der Waals surface area contributed by atoms with Crippen LogP contribution in [0.15, 0.2) is 24.3 Å². The van der Waals surface area contributed by atoms with Crippen LogP contribution in [0.25, 0.3) is 0 Å². The van der Waals surface area contributed by atoms with E-state index >= 15 is 0 Å². The molecular weight excluding hydrogens is 253 g/mol. The molecule has 0 unspecified atom stereocenters. The molecule has 1 aromatic carbocycles. The first-order valence-electron chi connectivity index (χ1n) is 5.72. The van der Waals surface area contributed by atoms with E-state index in [2.05, 4.69) is 4.74 Å². The molecule has 0 saturated carbocycles. The minimum atomic E-state index is -0.495. The number of amides is 1. The van der Waals surface area contributed by atoms with Gasteiger partial charge in [-0.1, -0.05) is 12.1 Å². The number of carbonyl (C=O) groups is 2. The van der Waals surface area contributed by atoms with E-state index in [1.807, 2.05) is 0 Å². The van der Waals surface area contributed by atoms with Gasteiger partial charge in [0.25, 0.3) is 0 Å². The summed E-state index contributed by atoms with van der Waals surface area (Å²) < 4.78 is 22.8. The number of likely N-dealkylation sites (N-methyl/N-ethyl adjacent to an activating group) is 1. The number of benzene rings is 1. The Bertz CT molecular complexity index is 450. The molecular formula is C13H16FNO4. The van der Waals surface area contributed by atoms with Gasteiger partial charge in [-0.3, -0.25) is 9.59 Å². The Kier molecular flexibility index (Phi) is 5.78. The minimum absolute atomic E-state index is 0.0469. The zero-order valence-corrected chi connectivity index (χ0v) is 10.9. The molecule has 0 atom stereocenters. The lowest BCUT2D eigenvalue weighted by Gasteiger charge is -2.15. The van der Waals surface area contributed by atoms with Gasteiger partial charge in [-0.15, -0.1) is 0 Å². The standard InChI is InChI=1S/C13H16FNO4/c1-15(9-13(17)18-2)12(16)7-8-19-11-6-4-3-5-10(11)14/h3-6H,7-9H2,1-2H3. The van der Waals surface area contributed by atoms with Gasteiger partial charge in [0.05, 0.1) is 20.1 Å². The van der Waals surface area contributed by atoms with Crippen LogP contribution in [0.5, 0.6) is 5.75 Å². The molecule has 0 aliphatic heterocycles. The highest BCUT2D eigenvalue weighted by atomic mass is 19.1. The Morgan fingerprint density at radius 1 is 1.32 bits per heavy atom. The summed E-state index contributed by atoms with van der Waals surface area (Å²) in [4.78, 5) is 23.8. The van der Waals surface area contributed by atoms with Crippen molar-refractivity contribution >= 4 is 11.9 Å². The summed E-state index contributed by atoms with van der Waals surface area (Å²) in [6.45, 7) is -0.0691. The van der Waals surface area contributed by atoms with E-state index in [1.54, 1.807) is 12.1 Å². The Hall–Kier alpha value is -2.11. The summed E-state index contributed by atoms with van der Waals surface area (Å²) in [7, 11) is 2.74. The molecule has 5 nitrogen and oxygen atoms in total. The number of halogens is 1. The third-order valence-corrected chi connectivity index (χ3v) is 2.43. The number of rotatable bonds is 6. The second-order valence-electron chi connectivity index (χ2n) is 3.85. The van der Waals surface area contributed by atoms with Gasteiger partial charge in [0.1, 0.15) is 6.54 Å². The molecule has 0 aromatic heterocycles. The SMILES string of the molecule is COC(=O)CN(C)C(=O)CCOc1ccccc1F. The smallest absolute Gasteiger partial charge is 0.325 e. The fourth-order valence-corrected chi connectivity index (χ4v) is 1.35. The van der Waals surface area contributed by atoms with Crippen LogP contribution in [0.2, 0.25) is 0 Å². The number of hydrogen-bond donors (Lipinski definition) is 0. The highest BCUT2D eigenvalue weighted by molar-refractivity contribution is 5.81. The lowest BCUT2D eigenvalue weighted by molar-refractivity contribution is -0.146. The first kappa shape index (κ1) is 14.9. The van der Waals surface area contributed by atoms with Crippen LogP contribution in [0.4, 0.5) is 4.39 Å². The average Bonchev–Trinajstić information content (AvgIpc) is 2.40. The molecule has 0 bridgehead atoms. The predicted octanol–water partition coefficient (Wildman–Crippen LogP) is 1.23. The van der Waals surface area contributed by atoms with Gasteiger partial charge < -0.3 is 14.4 Å². The normalized spacial score (nSPS) is 9.84. The minimum Gasteiger partial charge on any atom is -0.490 e. The van der Waals surface area contributed by atoms with E-state index in [1.165, 1.54) is 31.2 Å². The molecule has 19 heavy (non-hydrogen) atoms. The number of carbonyl (C=O) groups excluding carboxylic acids is 2. The van der Waals surface area contributed by atoms with Crippen molar-refractivity contribution in [3.05, 3.63) is 30.1 Å². The van der Waals surface area contributed by atoms with Gasteiger partial charge in [0.15, 0.2) is 11.6 Å². The van der Waals surface area contributed by atoms with Crippen molar-refractivity contribution in [1.82, 2.24) is 4.90 Å². The third-order valence-electron chi connectivity index (χ3n) is 2.43. The fraction of sp³-hybridized carbons (Fsp3) is 0.385. The molecule has 1 amide bonds. The summed E-state index contributed by atoms with van der Waals surface area (Å²) in [5, 5.41) is 0. The number of nitrogens with zero attached hydrogens (tertiary/aromatic N) is 1. The Labute approximate surface area is 110 Å². The Morgan fingerprint density at radius 3 is 2.63 bits per heavy atom. The van der Waals surface area contributed by atoms with Crippen molar-refractivity contribution in [2.75, 3.05) is 27.3 Å². The van der Waals surface area contributed by atoms with E-state index in [9.17, 15) is 14.0 Å². The largest absolute Gasteiger partial charge is 0.490 e. The molecule has 0 radical (unpaired) electrons. The van der Waals surface area contributed by atoms with Gasteiger partial charge >= 0.3 is 5.97 Å². The van der Waals surface area contributed by atoms with Crippen LogP contribution < -0.4 is 4.74 Å². The van der Waals surface area contributed by atoms with Gasteiger partial charge in [0, 0.05) is 7.05 Å². The van der Waals surface area contributed by atoms with Crippen LogP contribution in [-0.4, -0.2) is 44.1 Å². The number of methoxy groups -OCH3 is 1. The zero-order valence-electron chi connectivity index (χ0n) is 10.9. The van der Waals surface area contributed by atoms with Gasteiger partial charge in [-0.2, -0.15) is 0 Å². The molecule has 1 rings (SSSR count). The van der Waals surface area contributed by atoms with E-state index in [4.69, 9.17) is 4.74 Å². The number of esters is 1. The molecule has 0 heterocycles. The molecule has 1 aromatic rings. The first-order valence-corrected chi connectivity index (χ1v) is 5.72. The highest BCUT2D eigenvalue weighted by Crippen LogP contribution is 2.15. The Morgan fingerprint density at radius 2 is 2.00 bits per heavy atom. The second kappa shape index (κ2) is 7.35. The van der Waals surface area contributed by atoms with Crippen LogP contribution in [0, 0.1) is 5.82 Å². The maximum absolute atomic E-state index is 13.2. The fourth-order valence-electron chi connectivity index (χ4n) is 1.35. The van der Waals surface area contributed by atoms with Crippen LogP contribution in [0.1, 0.15) is 6.42 Å². The molecule has 0 spiro atoms. The molecule has 0 aliphatic carbocycles. The number of para-hydroxylation sites is 1. The van der Waals surface area contributed by atoms with E-state index < -0.39 is 11.8 Å². The topological polar surface area (TPSA) is 55.8 Å². The van der Waals surface area contributed by atoms with Crippen molar-refractivity contribution in [1.29, 1.82) is 0 Å². The summed E-state index contributed by atoms with van der Waals surface area (Å²) >= 11 is 0. The number of hydrogen-bond acceptors (Lipinski definition) is 4. The lowest BCUT2D eigenvalue weighted by Crippen LogP contribution is -2.33. The average molecular weight is 269 g/mol. The Balaban J connectivity index is 2.35. The maximum atomic E-state index is 13.2. The monoisotopic (exact) mass is 269 g/mol. The van der Waals surface area contributed by atoms with Crippen LogP contribution in [0.3, 0.4) is 0 Å². The summed E-state index contributed by atoms with van der Waals surface area (Å²) in [5.41, 5.74) is 0. The van der Waals surface area contributed by atoms with Gasteiger partial charge in [0.2, 0.25) is 5.91 Å². The van der Waals surface area contributed by atoms with Crippen molar-refractivity contribution in [2.24, 2.45) is 0 Å². The molecule has 0 N–H and O–H groups in total. The van der Waals surface area contributed by atoms with Crippen LogP contribution in [-0.2, 0) is 14.3 Å². The lowest BCUT2D eigenvalue weighted by atomic mass is 10.3. The predicted molar refractivity (Wildman–Crippen MR) is 66.2 cm³/mol. The van der Waals surface area contributed by atoms with Crippen molar-refractivity contribution in [3.8, 4) is 5.75 Å². The summed E-state index contributed by atoms with van der Waals surface area (Å²) in [6.07, 6.45) is 0.0574. The molecule has 104 valence electrons. The quantitative estimate of drug-likeness (QED) is 0.729. The number of ether oxygens (including phenoxy) is 2. The summed E-state index contributed by atoms with van der Waals surface area (Å²) in [5.74, 6) is -1.14. The van der Waals surface area contributed by atoms with Crippen molar-refractivity contribution in [2.45, 2.75) is 6.42 Å². The van der Waals surface area contributed by atoms with Crippen LogP contribution >= 0.6 is 0 Å². The first-order chi connectivity index (χ1) is 9.04. The molecule has 0 saturated heterocycles. The molecule has 0 fully saturated rings. The zero-order chi connectivity index (χ0) is 14.3. The highest BCUT2D eigenvalue weighted by Gasteiger charge is 2.13. The summed E-state index contributed by atoms with van der Waals surface area (Å²) in [6, 6.07) is 5.96. The molecule has 0 aliphatic rings. The van der Waals surface area contributed by atoms with Gasteiger partial charge in [-0.05, 0) is 12.1 Å². The molecule has 6 heteroatoms. The van der Waals surface area contributed by atoms with E-state index in [0.29, 0.717) is 0 Å². The maximum Gasteiger partial charge on any atom is 0.325 e. The van der Waals surface area contributed by atoms with Crippen molar-refractivity contribution < 1.29 is 23.5 Å². The second-order valence-corrected chi connectivity index (χ2v) is 3.85.